The van der Waals surface area contributed by atoms with Gasteiger partial charge < -0.3 is 29.0 Å². The number of carbonyl (C=O) groups is 2. The van der Waals surface area contributed by atoms with E-state index in [1.807, 2.05) is 78.9 Å². The fourth-order valence-electron chi connectivity index (χ4n) is 6.50. The van der Waals surface area contributed by atoms with Crippen LogP contribution in [0.5, 0.6) is 11.5 Å². The summed E-state index contributed by atoms with van der Waals surface area (Å²) >= 11 is 0. The number of methoxy groups -OCH3 is 2. The van der Waals surface area contributed by atoms with Gasteiger partial charge in [-0.2, -0.15) is 4.98 Å². The highest BCUT2D eigenvalue weighted by Crippen LogP contribution is 2.43. The van der Waals surface area contributed by atoms with Gasteiger partial charge in [-0.3, -0.25) is 14.2 Å². The molecule has 54 heavy (non-hydrogen) atoms. The summed E-state index contributed by atoms with van der Waals surface area (Å²) in [6.07, 6.45) is -1.78. The number of esters is 1. The Morgan fingerprint density at radius 1 is 0.889 bits per heavy atom. The van der Waals surface area contributed by atoms with Crippen LogP contribution in [0.4, 0.5) is 5.82 Å². The topological polar surface area (TPSA) is 176 Å². The van der Waals surface area contributed by atoms with Crippen molar-refractivity contribution in [2.24, 2.45) is 5.11 Å². The van der Waals surface area contributed by atoms with Crippen LogP contribution in [-0.4, -0.2) is 60.5 Å². The first-order valence-electron chi connectivity index (χ1n) is 17.1. The summed E-state index contributed by atoms with van der Waals surface area (Å²) in [6.45, 7) is 1.09. The fraction of sp³-hybridized carbons (Fsp3) is 0.250. The Bertz CT molecular complexity index is 2110. The Morgan fingerprint density at radius 2 is 1.46 bits per heavy atom. The van der Waals surface area contributed by atoms with Gasteiger partial charge in [-0.1, -0.05) is 77.9 Å². The third kappa shape index (κ3) is 8.11. The second kappa shape index (κ2) is 16.9. The first-order valence-corrected chi connectivity index (χ1v) is 17.1. The summed E-state index contributed by atoms with van der Waals surface area (Å²) in [6, 6.07) is 33.7. The molecule has 0 saturated carbocycles. The standard InChI is InChI=1S/C40H38N6O8/c1-26(47)53-34-24-33(44-45-41)35(54-38(34)46-23-22-36(43-39(46)49)42-37(48)27-10-6-4-7-11-27)25-52-40(28-12-8-5-9-13-28,29-14-18-31(50-2)19-15-29)30-16-20-32(51-3)21-17-30/h4-23,33-35,38H,24-25H2,1-3H3,(H,42,43,48,49)/t33-,34+,35+,38+/m0/s1. The van der Waals surface area contributed by atoms with Crippen LogP contribution in [0.3, 0.4) is 0 Å². The number of hydrogen-bond acceptors (Lipinski definition) is 10. The highest BCUT2D eigenvalue weighted by Gasteiger charge is 2.44. The number of amides is 1. The number of rotatable bonds is 13. The van der Waals surface area contributed by atoms with Gasteiger partial charge >= 0.3 is 11.7 Å². The maximum atomic E-state index is 13.5. The van der Waals surface area contributed by atoms with Gasteiger partial charge in [-0.15, -0.1) is 0 Å². The van der Waals surface area contributed by atoms with Crippen molar-refractivity contribution in [3.63, 3.8) is 0 Å². The molecule has 4 aromatic carbocycles. The van der Waals surface area contributed by atoms with Gasteiger partial charge in [0.05, 0.1) is 33.0 Å². The molecule has 1 aromatic heterocycles. The summed E-state index contributed by atoms with van der Waals surface area (Å²) in [5.41, 5.74) is 10.3. The molecule has 2 heterocycles. The van der Waals surface area contributed by atoms with Crippen LogP contribution < -0.4 is 20.5 Å². The molecule has 5 aromatic rings. The Balaban J connectivity index is 1.38. The zero-order valence-corrected chi connectivity index (χ0v) is 29.8. The summed E-state index contributed by atoms with van der Waals surface area (Å²) < 4.78 is 31.3. The second-order valence-electron chi connectivity index (χ2n) is 12.4. The quantitative estimate of drug-likeness (QED) is 0.0471. The van der Waals surface area contributed by atoms with E-state index in [1.54, 1.807) is 44.6 Å². The highest BCUT2D eigenvalue weighted by atomic mass is 16.6. The number of hydrogen-bond donors (Lipinski definition) is 1. The van der Waals surface area contributed by atoms with E-state index in [0.29, 0.717) is 17.1 Å². The van der Waals surface area contributed by atoms with E-state index in [9.17, 15) is 19.9 Å². The SMILES string of the molecule is COc1ccc(C(OC[C@H]2O[C@@H](n3ccc(NC(=O)c4ccccc4)nc3=O)[C@H](OC(C)=O)C[C@@H]2N=[N+]=[N-])(c2ccccc2)c2ccc(OC)cc2)cc1. The van der Waals surface area contributed by atoms with Crippen molar-refractivity contribution >= 4 is 17.7 Å². The van der Waals surface area contributed by atoms with Gasteiger partial charge in [0.15, 0.2) is 6.23 Å². The molecule has 0 bridgehead atoms. The maximum Gasteiger partial charge on any atom is 0.351 e. The number of ether oxygens (including phenoxy) is 5. The minimum Gasteiger partial charge on any atom is -0.497 e. The van der Waals surface area contributed by atoms with Crippen molar-refractivity contribution < 1.29 is 33.3 Å². The monoisotopic (exact) mass is 730 g/mol. The van der Waals surface area contributed by atoms with Crippen LogP contribution in [0, 0.1) is 0 Å². The first-order chi connectivity index (χ1) is 26.2. The molecule has 1 saturated heterocycles. The molecule has 1 aliphatic rings. The lowest BCUT2D eigenvalue weighted by Crippen LogP contribution is -2.50. The van der Waals surface area contributed by atoms with E-state index in [2.05, 4.69) is 20.3 Å². The lowest BCUT2D eigenvalue weighted by Gasteiger charge is -2.42. The van der Waals surface area contributed by atoms with Crippen molar-refractivity contribution in [1.82, 2.24) is 9.55 Å². The van der Waals surface area contributed by atoms with Gasteiger partial charge in [0, 0.05) is 23.6 Å². The van der Waals surface area contributed by atoms with E-state index < -0.39 is 47.6 Å². The smallest absolute Gasteiger partial charge is 0.351 e. The van der Waals surface area contributed by atoms with E-state index in [4.69, 9.17) is 23.7 Å². The fourth-order valence-corrected chi connectivity index (χ4v) is 6.50. The molecule has 276 valence electrons. The average Bonchev–Trinajstić information content (AvgIpc) is 3.20. The molecular formula is C40H38N6O8. The van der Waals surface area contributed by atoms with Crippen molar-refractivity contribution in [3.05, 3.63) is 165 Å². The van der Waals surface area contributed by atoms with E-state index >= 15 is 0 Å². The Kier molecular flexibility index (Phi) is 11.7. The highest BCUT2D eigenvalue weighted by molar-refractivity contribution is 6.03. The molecule has 1 amide bonds. The summed E-state index contributed by atoms with van der Waals surface area (Å²) in [5.74, 6) is 0.246. The molecule has 0 spiro atoms. The van der Waals surface area contributed by atoms with Crippen LogP contribution in [0.2, 0.25) is 0 Å². The molecule has 0 unspecified atom stereocenters. The number of nitrogens with one attached hydrogen (secondary N) is 1. The summed E-state index contributed by atoms with van der Waals surface area (Å²) in [7, 11) is 3.18. The minimum absolute atomic E-state index is 0.00464. The number of azide groups is 1. The molecule has 1 N–H and O–H groups in total. The first kappa shape index (κ1) is 37.3. The number of anilines is 1. The molecular weight excluding hydrogens is 692 g/mol. The van der Waals surface area contributed by atoms with Crippen LogP contribution in [0.25, 0.3) is 10.4 Å². The zero-order chi connectivity index (χ0) is 38.1. The van der Waals surface area contributed by atoms with E-state index in [0.717, 1.165) is 16.7 Å². The van der Waals surface area contributed by atoms with Gasteiger partial charge in [0.1, 0.15) is 29.0 Å². The Hall–Kier alpha value is -6.47. The van der Waals surface area contributed by atoms with E-state index in [-0.39, 0.29) is 18.8 Å². The predicted octanol–water partition coefficient (Wildman–Crippen LogP) is 6.42. The number of nitrogens with zero attached hydrogens (tertiary/aromatic N) is 5. The molecule has 4 atom stereocenters. The van der Waals surface area contributed by atoms with Crippen LogP contribution >= 0.6 is 0 Å². The third-order valence-electron chi connectivity index (χ3n) is 9.07. The van der Waals surface area contributed by atoms with Gasteiger partial charge in [-0.25, -0.2) is 4.79 Å². The molecule has 14 heteroatoms. The predicted molar refractivity (Wildman–Crippen MR) is 198 cm³/mol. The molecule has 1 aliphatic heterocycles. The summed E-state index contributed by atoms with van der Waals surface area (Å²) in [5, 5.41) is 6.64. The molecule has 6 rings (SSSR count). The van der Waals surface area contributed by atoms with E-state index in [1.165, 1.54) is 23.8 Å². The van der Waals surface area contributed by atoms with Crippen LogP contribution in [0.15, 0.2) is 131 Å². The van der Waals surface area contributed by atoms with Crippen LogP contribution in [0.1, 0.15) is 46.6 Å². The molecule has 0 radical (unpaired) electrons. The Morgan fingerprint density at radius 3 is 2.00 bits per heavy atom. The van der Waals surface area contributed by atoms with Crippen molar-refractivity contribution in [2.75, 3.05) is 26.1 Å². The maximum absolute atomic E-state index is 13.5. The van der Waals surface area contributed by atoms with Crippen molar-refractivity contribution in [3.8, 4) is 11.5 Å². The number of carbonyl (C=O) groups excluding carboxylic acids is 2. The molecule has 14 nitrogen and oxygen atoms in total. The second-order valence-corrected chi connectivity index (χ2v) is 12.4. The number of aromatic nitrogens is 2. The zero-order valence-electron chi connectivity index (χ0n) is 29.8. The third-order valence-corrected chi connectivity index (χ3v) is 9.07. The van der Waals surface area contributed by atoms with Crippen molar-refractivity contribution in [1.29, 1.82) is 0 Å². The summed E-state index contributed by atoms with van der Waals surface area (Å²) in [4.78, 5) is 45.7. The van der Waals surface area contributed by atoms with Crippen LogP contribution in [-0.2, 0) is 24.6 Å². The molecule has 0 aliphatic carbocycles. The minimum atomic E-state index is -1.23. The normalized spacial score (nSPS) is 18.1. The lowest BCUT2D eigenvalue weighted by atomic mass is 9.80. The van der Waals surface area contributed by atoms with Gasteiger partial charge in [0.25, 0.3) is 5.91 Å². The van der Waals surface area contributed by atoms with Gasteiger partial charge in [0.2, 0.25) is 0 Å². The lowest BCUT2D eigenvalue weighted by molar-refractivity contribution is -0.203. The number of benzene rings is 4. The Labute approximate surface area is 310 Å². The average molecular weight is 731 g/mol. The molecule has 1 fully saturated rings. The largest absolute Gasteiger partial charge is 0.497 e. The van der Waals surface area contributed by atoms with Crippen molar-refractivity contribution in [2.45, 2.75) is 43.4 Å². The van der Waals surface area contributed by atoms with Gasteiger partial charge in [-0.05, 0) is 71.1 Å².